The molecule has 1 aromatic carbocycles. The van der Waals surface area contributed by atoms with E-state index in [0.29, 0.717) is 5.11 Å². The molecular weight excluding hydrogens is 394 g/mol. The Bertz CT molecular complexity index is 1020. The fraction of sp³-hybridized carbons (Fsp3) is 0.261. The van der Waals surface area contributed by atoms with E-state index in [9.17, 15) is 4.79 Å². The zero-order valence-electron chi connectivity index (χ0n) is 17.0. The zero-order chi connectivity index (χ0) is 21.1. The Morgan fingerprint density at radius 3 is 2.60 bits per heavy atom. The van der Waals surface area contributed by atoms with Crippen molar-refractivity contribution in [2.45, 2.75) is 32.0 Å². The van der Waals surface area contributed by atoms with Gasteiger partial charge in [0.05, 0.1) is 17.8 Å². The normalized spacial score (nSPS) is 18.5. The van der Waals surface area contributed by atoms with E-state index in [1.165, 1.54) is 0 Å². The Balaban J connectivity index is 1.66. The summed E-state index contributed by atoms with van der Waals surface area (Å²) in [5.74, 6) is -0.111. The van der Waals surface area contributed by atoms with Crippen LogP contribution in [0.1, 0.15) is 43.4 Å². The van der Waals surface area contributed by atoms with E-state index in [-0.39, 0.29) is 30.6 Å². The summed E-state index contributed by atoms with van der Waals surface area (Å²) in [5, 5.41) is 6.90. The molecule has 2 N–H and O–H groups in total. The number of carbonyl (C=O) groups is 1. The van der Waals surface area contributed by atoms with E-state index in [0.717, 1.165) is 17.1 Å². The number of rotatable bonds is 6. The number of benzene rings is 1. The van der Waals surface area contributed by atoms with Gasteiger partial charge in [0.15, 0.2) is 5.11 Å². The van der Waals surface area contributed by atoms with Gasteiger partial charge in [0.1, 0.15) is 6.54 Å². The number of carbonyl (C=O) groups excluding carboxylic acids is 1. The highest BCUT2D eigenvalue weighted by Gasteiger charge is 2.42. The van der Waals surface area contributed by atoms with Crippen LogP contribution in [0.15, 0.2) is 73.1 Å². The molecule has 2 aromatic heterocycles. The smallest absolute Gasteiger partial charge is 0.244 e. The van der Waals surface area contributed by atoms with Gasteiger partial charge in [-0.3, -0.25) is 9.78 Å². The van der Waals surface area contributed by atoms with Crippen LogP contribution in [0.5, 0.6) is 0 Å². The summed E-state index contributed by atoms with van der Waals surface area (Å²) >= 11 is 5.66. The highest BCUT2D eigenvalue weighted by molar-refractivity contribution is 7.80. The van der Waals surface area contributed by atoms with E-state index in [1.807, 2.05) is 59.5 Å². The van der Waals surface area contributed by atoms with Crippen LogP contribution in [-0.4, -0.2) is 32.0 Å². The second-order valence-electron chi connectivity index (χ2n) is 7.60. The van der Waals surface area contributed by atoms with Crippen molar-refractivity contribution < 1.29 is 4.79 Å². The van der Waals surface area contributed by atoms with Crippen molar-refractivity contribution in [1.29, 1.82) is 0 Å². The van der Waals surface area contributed by atoms with Gasteiger partial charge >= 0.3 is 0 Å². The summed E-state index contributed by atoms with van der Waals surface area (Å²) in [6.45, 7) is 4.44. The molecule has 3 aromatic rings. The molecule has 0 spiro atoms. The van der Waals surface area contributed by atoms with E-state index in [2.05, 4.69) is 46.3 Å². The van der Waals surface area contributed by atoms with Crippen molar-refractivity contribution in [1.82, 2.24) is 19.8 Å². The molecule has 7 heteroatoms. The van der Waals surface area contributed by atoms with Crippen LogP contribution in [0.4, 0.5) is 5.69 Å². The number of amides is 1. The second kappa shape index (κ2) is 8.67. The molecule has 3 heterocycles. The molecule has 154 valence electrons. The first-order chi connectivity index (χ1) is 14.5. The molecule has 6 nitrogen and oxygen atoms in total. The molecular formula is C23H25N5OS. The minimum atomic E-state index is -0.147. The maximum Gasteiger partial charge on any atom is 0.244 e. The lowest BCUT2D eigenvalue weighted by Crippen LogP contribution is -2.37. The van der Waals surface area contributed by atoms with Gasteiger partial charge in [-0.15, -0.1) is 0 Å². The van der Waals surface area contributed by atoms with Crippen molar-refractivity contribution in [2.75, 3.05) is 11.9 Å². The van der Waals surface area contributed by atoms with Crippen LogP contribution >= 0.6 is 12.2 Å². The number of pyridine rings is 1. The number of para-hydroxylation sites is 1. The average Bonchev–Trinajstić information content (AvgIpc) is 3.34. The third kappa shape index (κ3) is 4.07. The maximum absolute atomic E-state index is 12.8. The van der Waals surface area contributed by atoms with E-state index in [1.54, 1.807) is 6.20 Å². The molecule has 1 aliphatic heterocycles. The highest BCUT2D eigenvalue weighted by atomic mass is 32.1. The fourth-order valence-electron chi connectivity index (χ4n) is 3.90. The minimum absolute atomic E-state index is 0.111. The van der Waals surface area contributed by atoms with Gasteiger partial charge in [-0.1, -0.05) is 24.3 Å². The predicted octanol–water partition coefficient (Wildman–Crippen LogP) is 4.08. The van der Waals surface area contributed by atoms with Crippen LogP contribution in [0.3, 0.4) is 0 Å². The van der Waals surface area contributed by atoms with Crippen molar-refractivity contribution >= 4 is 28.9 Å². The van der Waals surface area contributed by atoms with Crippen molar-refractivity contribution in [3.8, 4) is 0 Å². The van der Waals surface area contributed by atoms with Gasteiger partial charge in [-0.25, -0.2) is 0 Å². The summed E-state index contributed by atoms with van der Waals surface area (Å²) in [6.07, 6.45) is 3.85. The number of nitrogens with one attached hydrogen (secondary N) is 2. The molecule has 0 radical (unpaired) electrons. The first-order valence-electron chi connectivity index (χ1n) is 10.0. The van der Waals surface area contributed by atoms with Crippen LogP contribution < -0.4 is 10.6 Å². The highest BCUT2D eigenvalue weighted by Crippen LogP contribution is 2.39. The van der Waals surface area contributed by atoms with Crippen molar-refractivity contribution in [3.63, 3.8) is 0 Å². The third-order valence-corrected chi connectivity index (χ3v) is 5.59. The molecule has 30 heavy (non-hydrogen) atoms. The Hall–Kier alpha value is -3.19. The molecule has 4 rings (SSSR count). The number of nitrogens with zero attached hydrogens (tertiary/aromatic N) is 3. The third-order valence-electron chi connectivity index (χ3n) is 5.24. The topological polar surface area (TPSA) is 62.2 Å². The maximum atomic E-state index is 12.8. The lowest BCUT2D eigenvalue weighted by Gasteiger charge is -2.29. The van der Waals surface area contributed by atoms with E-state index >= 15 is 0 Å². The summed E-state index contributed by atoms with van der Waals surface area (Å²) in [6, 6.07) is 19.4. The summed E-state index contributed by atoms with van der Waals surface area (Å²) < 4.78 is 2.22. The molecule has 1 fully saturated rings. The first kappa shape index (κ1) is 20.1. The Labute approximate surface area is 181 Å². The van der Waals surface area contributed by atoms with Gasteiger partial charge in [0.2, 0.25) is 5.91 Å². The Morgan fingerprint density at radius 1 is 1.13 bits per heavy atom. The van der Waals surface area contributed by atoms with Crippen LogP contribution in [-0.2, 0) is 4.79 Å². The summed E-state index contributed by atoms with van der Waals surface area (Å²) in [7, 11) is 0. The summed E-state index contributed by atoms with van der Waals surface area (Å²) in [5.41, 5.74) is 2.76. The first-order valence-corrected chi connectivity index (χ1v) is 10.4. The fourth-order valence-corrected chi connectivity index (χ4v) is 4.21. The Morgan fingerprint density at radius 2 is 1.90 bits per heavy atom. The van der Waals surface area contributed by atoms with Gasteiger partial charge < -0.3 is 20.1 Å². The molecule has 0 unspecified atom stereocenters. The van der Waals surface area contributed by atoms with Crippen molar-refractivity contribution in [2.24, 2.45) is 0 Å². The lowest BCUT2D eigenvalue weighted by atomic mass is 10.0. The van der Waals surface area contributed by atoms with Gasteiger partial charge in [0, 0.05) is 29.8 Å². The molecule has 1 aliphatic rings. The molecule has 0 aliphatic carbocycles. The number of hydrogen-bond acceptors (Lipinski definition) is 3. The second-order valence-corrected chi connectivity index (χ2v) is 7.99. The molecule has 1 saturated heterocycles. The number of aromatic nitrogens is 2. The number of anilines is 1. The Kier molecular flexibility index (Phi) is 5.81. The SMILES string of the molecule is CC(C)n1cccc1[C@H]1[C@@H](c2ccccn2)NC(=S)N1CC(=O)Nc1ccccc1. The molecule has 2 atom stereocenters. The number of thiocarbonyl (C=S) groups is 1. The average molecular weight is 420 g/mol. The number of hydrogen-bond donors (Lipinski definition) is 2. The quantitative estimate of drug-likeness (QED) is 0.590. The van der Waals surface area contributed by atoms with Crippen molar-refractivity contribution in [3.05, 3.63) is 84.4 Å². The minimum Gasteiger partial charge on any atom is -0.352 e. The van der Waals surface area contributed by atoms with Crippen LogP contribution in [0.2, 0.25) is 0 Å². The lowest BCUT2D eigenvalue weighted by molar-refractivity contribution is -0.116. The molecule has 0 saturated carbocycles. The standard InChI is InChI=1S/C23H25N5OS/c1-16(2)27-14-8-12-19(27)22-21(18-11-6-7-13-24-18)26-23(30)28(22)15-20(29)25-17-9-4-3-5-10-17/h3-14,16,21-22H,15H2,1-2H3,(H,25,29)(H,26,30)/t21-,22+/m1/s1. The molecule has 0 bridgehead atoms. The van der Waals surface area contributed by atoms with Gasteiger partial charge in [-0.2, -0.15) is 0 Å². The monoisotopic (exact) mass is 419 g/mol. The van der Waals surface area contributed by atoms with Crippen LogP contribution in [0.25, 0.3) is 0 Å². The molecule has 1 amide bonds. The zero-order valence-corrected chi connectivity index (χ0v) is 17.8. The predicted molar refractivity (Wildman–Crippen MR) is 122 cm³/mol. The van der Waals surface area contributed by atoms with Crippen LogP contribution in [0, 0.1) is 0 Å². The van der Waals surface area contributed by atoms with E-state index in [4.69, 9.17) is 12.2 Å². The van der Waals surface area contributed by atoms with E-state index < -0.39 is 0 Å². The summed E-state index contributed by atoms with van der Waals surface area (Å²) in [4.78, 5) is 19.3. The van der Waals surface area contributed by atoms with Gasteiger partial charge in [0.25, 0.3) is 0 Å². The van der Waals surface area contributed by atoms with Gasteiger partial charge in [-0.05, 0) is 62.5 Å². The largest absolute Gasteiger partial charge is 0.352 e.